The van der Waals surface area contributed by atoms with Gasteiger partial charge in [-0.25, -0.2) is 4.39 Å². The van der Waals surface area contributed by atoms with Gasteiger partial charge in [-0.2, -0.15) is 0 Å². The standard InChI is InChI=1S/C30H41FN4O3/c1-5-18-35(30(37)24-12-14-25(31)15-13-24)21-26-11-9-20-34(26)22-27-16-17-28(38-27)29(36)32-23(4)10-8-19-33(6-2)7-3/h9,11-17,20,23H,5-8,10,18-19,21-22H2,1-4H3,(H,32,36). The van der Waals surface area contributed by atoms with Crippen LogP contribution < -0.4 is 5.32 Å². The smallest absolute Gasteiger partial charge is 0.287 e. The predicted molar refractivity (Wildman–Crippen MR) is 148 cm³/mol. The van der Waals surface area contributed by atoms with Crippen LogP contribution in [0, 0.1) is 5.82 Å². The molecular formula is C30H41FN4O3. The Morgan fingerprint density at radius 3 is 2.45 bits per heavy atom. The van der Waals surface area contributed by atoms with E-state index < -0.39 is 0 Å². The molecule has 1 unspecified atom stereocenters. The summed E-state index contributed by atoms with van der Waals surface area (Å²) in [4.78, 5) is 29.9. The number of amides is 2. The number of rotatable bonds is 15. The Labute approximate surface area is 225 Å². The third kappa shape index (κ3) is 8.31. The summed E-state index contributed by atoms with van der Waals surface area (Å²) in [7, 11) is 0. The molecule has 2 amide bonds. The van der Waals surface area contributed by atoms with Crippen LogP contribution in [-0.2, 0) is 13.1 Å². The van der Waals surface area contributed by atoms with Crippen molar-refractivity contribution in [3.63, 3.8) is 0 Å². The summed E-state index contributed by atoms with van der Waals surface area (Å²) in [5, 5.41) is 3.04. The van der Waals surface area contributed by atoms with Crippen molar-refractivity contribution in [1.29, 1.82) is 0 Å². The fraction of sp³-hybridized carbons (Fsp3) is 0.467. The molecule has 38 heavy (non-hydrogen) atoms. The number of hydrogen-bond acceptors (Lipinski definition) is 4. The molecule has 0 aliphatic heterocycles. The van der Waals surface area contributed by atoms with Crippen molar-refractivity contribution in [2.45, 2.75) is 66.1 Å². The zero-order valence-corrected chi connectivity index (χ0v) is 23.1. The topological polar surface area (TPSA) is 70.7 Å². The van der Waals surface area contributed by atoms with Gasteiger partial charge in [-0.3, -0.25) is 9.59 Å². The summed E-state index contributed by atoms with van der Waals surface area (Å²) >= 11 is 0. The van der Waals surface area contributed by atoms with Crippen molar-refractivity contribution in [1.82, 2.24) is 19.7 Å². The Morgan fingerprint density at radius 1 is 1.03 bits per heavy atom. The van der Waals surface area contributed by atoms with E-state index in [9.17, 15) is 14.0 Å². The molecule has 7 nitrogen and oxygen atoms in total. The lowest BCUT2D eigenvalue weighted by Gasteiger charge is -2.23. The van der Waals surface area contributed by atoms with Gasteiger partial charge in [0.2, 0.25) is 0 Å². The predicted octanol–water partition coefficient (Wildman–Crippen LogP) is 5.56. The van der Waals surface area contributed by atoms with Crippen molar-refractivity contribution in [2.24, 2.45) is 0 Å². The number of furan rings is 1. The van der Waals surface area contributed by atoms with E-state index in [0.717, 1.165) is 44.6 Å². The van der Waals surface area contributed by atoms with Crippen LogP contribution in [-0.4, -0.2) is 58.4 Å². The molecule has 2 heterocycles. The Bertz CT molecular complexity index is 1150. The number of benzene rings is 1. The molecule has 206 valence electrons. The molecule has 1 atom stereocenters. The Balaban J connectivity index is 1.58. The first kappa shape index (κ1) is 29.2. The second kappa shape index (κ2) is 14.5. The van der Waals surface area contributed by atoms with Gasteiger partial charge < -0.3 is 24.1 Å². The Morgan fingerprint density at radius 2 is 1.76 bits per heavy atom. The third-order valence-electron chi connectivity index (χ3n) is 6.74. The molecule has 0 aliphatic rings. The Hall–Kier alpha value is -3.39. The van der Waals surface area contributed by atoms with Gasteiger partial charge in [0.15, 0.2) is 5.76 Å². The molecular weight excluding hydrogens is 483 g/mol. The van der Waals surface area contributed by atoms with Crippen molar-refractivity contribution in [3.8, 4) is 0 Å². The van der Waals surface area contributed by atoms with E-state index in [1.165, 1.54) is 24.3 Å². The maximum absolute atomic E-state index is 13.3. The lowest BCUT2D eigenvalue weighted by molar-refractivity contribution is 0.0739. The highest BCUT2D eigenvalue weighted by Gasteiger charge is 2.18. The van der Waals surface area contributed by atoms with Crippen LogP contribution in [0.1, 0.15) is 79.3 Å². The van der Waals surface area contributed by atoms with Crippen LogP contribution >= 0.6 is 0 Å². The molecule has 0 saturated heterocycles. The molecule has 0 bridgehead atoms. The van der Waals surface area contributed by atoms with Gasteiger partial charge in [-0.1, -0.05) is 20.8 Å². The van der Waals surface area contributed by atoms with Crippen molar-refractivity contribution in [2.75, 3.05) is 26.2 Å². The fourth-order valence-electron chi connectivity index (χ4n) is 4.52. The van der Waals surface area contributed by atoms with Crippen molar-refractivity contribution >= 4 is 11.8 Å². The number of carbonyl (C=O) groups excluding carboxylic acids is 2. The summed E-state index contributed by atoms with van der Waals surface area (Å²) in [5.74, 6) is 0.243. The molecule has 1 aromatic carbocycles. The number of nitrogens with one attached hydrogen (secondary N) is 1. The summed E-state index contributed by atoms with van der Waals surface area (Å²) < 4.78 is 21.2. The van der Waals surface area contributed by atoms with Crippen molar-refractivity contribution < 1.29 is 18.4 Å². The summed E-state index contributed by atoms with van der Waals surface area (Å²) in [6.07, 6.45) is 4.68. The highest BCUT2D eigenvalue weighted by Crippen LogP contribution is 2.16. The first-order chi connectivity index (χ1) is 18.3. The minimum absolute atomic E-state index is 0.0610. The third-order valence-corrected chi connectivity index (χ3v) is 6.74. The van der Waals surface area contributed by atoms with E-state index in [-0.39, 0.29) is 23.7 Å². The van der Waals surface area contributed by atoms with Gasteiger partial charge in [0.25, 0.3) is 11.8 Å². The second-order valence-corrected chi connectivity index (χ2v) is 9.67. The van der Waals surface area contributed by atoms with Gasteiger partial charge in [0, 0.05) is 30.0 Å². The monoisotopic (exact) mass is 524 g/mol. The SMILES string of the molecule is CCCN(Cc1cccn1Cc1ccc(C(=O)NC(C)CCCN(CC)CC)o1)C(=O)c1ccc(F)cc1. The maximum atomic E-state index is 13.3. The quantitative estimate of drug-likeness (QED) is 0.283. The average Bonchev–Trinajstić information content (AvgIpc) is 3.56. The van der Waals surface area contributed by atoms with E-state index in [0.29, 0.717) is 36.7 Å². The van der Waals surface area contributed by atoms with Gasteiger partial charge in [-0.05, 0) is 94.4 Å². The number of nitrogens with zero attached hydrogens (tertiary/aromatic N) is 3. The molecule has 3 rings (SSSR count). The van der Waals surface area contributed by atoms with Crippen LogP contribution in [0.4, 0.5) is 4.39 Å². The second-order valence-electron chi connectivity index (χ2n) is 9.67. The zero-order chi connectivity index (χ0) is 27.5. The molecule has 0 aliphatic carbocycles. The zero-order valence-electron chi connectivity index (χ0n) is 23.1. The number of aromatic nitrogens is 1. The van der Waals surface area contributed by atoms with E-state index in [1.807, 2.05) is 42.8 Å². The fourth-order valence-corrected chi connectivity index (χ4v) is 4.52. The normalized spacial score (nSPS) is 12.1. The highest BCUT2D eigenvalue weighted by atomic mass is 19.1. The minimum atomic E-state index is -0.367. The first-order valence-corrected chi connectivity index (χ1v) is 13.6. The Kier molecular flexibility index (Phi) is 11.1. The highest BCUT2D eigenvalue weighted by molar-refractivity contribution is 5.94. The van der Waals surface area contributed by atoms with Crippen LogP contribution in [0.2, 0.25) is 0 Å². The first-order valence-electron chi connectivity index (χ1n) is 13.6. The van der Waals surface area contributed by atoms with Crippen LogP contribution in [0.15, 0.2) is 59.1 Å². The van der Waals surface area contributed by atoms with Gasteiger partial charge in [-0.15, -0.1) is 0 Å². The van der Waals surface area contributed by atoms with Crippen molar-refractivity contribution in [3.05, 3.63) is 83.3 Å². The van der Waals surface area contributed by atoms with Crippen LogP contribution in [0.5, 0.6) is 0 Å². The van der Waals surface area contributed by atoms with Gasteiger partial charge >= 0.3 is 0 Å². The van der Waals surface area contributed by atoms with E-state index >= 15 is 0 Å². The minimum Gasteiger partial charge on any atom is -0.454 e. The van der Waals surface area contributed by atoms with Crippen LogP contribution in [0.25, 0.3) is 0 Å². The molecule has 2 aromatic heterocycles. The summed E-state index contributed by atoms with van der Waals surface area (Å²) in [6, 6.07) is 13.1. The molecule has 8 heteroatoms. The summed E-state index contributed by atoms with van der Waals surface area (Å²) in [5.41, 5.74) is 1.40. The van der Waals surface area contributed by atoms with Gasteiger partial charge in [0.05, 0.1) is 13.1 Å². The van der Waals surface area contributed by atoms with E-state index in [2.05, 4.69) is 24.1 Å². The molecule has 3 aromatic rings. The lowest BCUT2D eigenvalue weighted by Crippen LogP contribution is -2.33. The maximum Gasteiger partial charge on any atom is 0.287 e. The van der Waals surface area contributed by atoms with E-state index in [1.54, 1.807) is 11.0 Å². The largest absolute Gasteiger partial charge is 0.454 e. The van der Waals surface area contributed by atoms with E-state index in [4.69, 9.17) is 4.42 Å². The van der Waals surface area contributed by atoms with Crippen LogP contribution in [0.3, 0.4) is 0 Å². The molecule has 0 saturated carbocycles. The lowest BCUT2D eigenvalue weighted by atomic mass is 10.1. The summed E-state index contributed by atoms with van der Waals surface area (Å²) in [6.45, 7) is 12.9. The molecule has 0 fully saturated rings. The molecule has 0 spiro atoms. The van der Waals surface area contributed by atoms with Gasteiger partial charge in [0.1, 0.15) is 11.6 Å². The number of halogens is 1. The number of carbonyl (C=O) groups is 2. The number of hydrogen-bond donors (Lipinski definition) is 1. The average molecular weight is 525 g/mol. The molecule has 0 radical (unpaired) electrons. The molecule has 1 N–H and O–H groups in total.